The van der Waals surface area contributed by atoms with Crippen LogP contribution in [0.2, 0.25) is 0 Å². The number of rotatable bonds is 1. The Morgan fingerprint density at radius 2 is 1.76 bits per heavy atom. The summed E-state index contributed by atoms with van der Waals surface area (Å²) in [5, 5.41) is 8.91. The third-order valence-corrected chi connectivity index (χ3v) is 5.71. The summed E-state index contributed by atoms with van der Waals surface area (Å²) in [5.41, 5.74) is 1.30. The highest BCUT2D eigenvalue weighted by Crippen LogP contribution is 2.42. The summed E-state index contributed by atoms with van der Waals surface area (Å²) in [7, 11) is 0. The molecule has 0 aromatic heterocycles. The van der Waals surface area contributed by atoms with Gasteiger partial charge in [-0.1, -0.05) is 0 Å². The standard InChI is InChI=1S/C19H22N4O2/c20-12-15-3-5-16(6-4-15)23-14-19(11-17(23)24)7-10-22(13-19)18(25)21-8-1-2-9-21/h3-6H,1-2,7-11,13-14H2/t19-/m0/s1. The molecule has 1 aromatic rings. The van der Waals surface area contributed by atoms with Crippen LogP contribution in [0.25, 0.3) is 0 Å². The van der Waals surface area contributed by atoms with Gasteiger partial charge >= 0.3 is 6.03 Å². The summed E-state index contributed by atoms with van der Waals surface area (Å²) in [6.45, 7) is 3.78. The Balaban J connectivity index is 1.46. The maximum Gasteiger partial charge on any atom is 0.320 e. The highest BCUT2D eigenvalue weighted by atomic mass is 16.2. The van der Waals surface area contributed by atoms with Crippen LogP contribution < -0.4 is 4.90 Å². The van der Waals surface area contributed by atoms with Crippen molar-refractivity contribution in [1.82, 2.24) is 9.80 Å². The largest absolute Gasteiger partial charge is 0.325 e. The molecule has 3 heterocycles. The van der Waals surface area contributed by atoms with Gasteiger partial charge in [-0.15, -0.1) is 0 Å². The molecule has 25 heavy (non-hydrogen) atoms. The van der Waals surface area contributed by atoms with E-state index in [2.05, 4.69) is 6.07 Å². The minimum atomic E-state index is -0.125. The highest BCUT2D eigenvalue weighted by molar-refractivity contribution is 5.96. The second kappa shape index (κ2) is 6.07. The summed E-state index contributed by atoms with van der Waals surface area (Å²) >= 11 is 0. The van der Waals surface area contributed by atoms with E-state index in [-0.39, 0.29) is 17.4 Å². The first-order valence-corrected chi connectivity index (χ1v) is 8.95. The minimum absolute atomic E-state index is 0.111. The summed E-state index contributed by atoms with van der Waals surface area (Å²) in [5.74, 6) is 0.111. The normalized spacial score (nSPS) is 25.9. The molecule has 6 nitrogen and oxygen atoms in total. The number of likely N-dealkylation sites (tertiary alicyclic amines) is 2. The van der Waals surface area contributed by atoms with Crippen LogP contribution in [0, 0.1) is 16.7 Å². The van der Waals surface area contributed by atoms with Gasteiger partial charge in [0.25, 0.3) is 0 Å². The summed E-state index contributed by atoms with van der Waals surface area (Å²) in [6.07, 6.45) is 3.56. The zero-order valence-corrected chi connectivity index (χ0v) is 14.3. The monoisotopic (exact) mass is 338 g/mol. The molecule has 0 saturated carbocycles. The molecular weight excluding hydrogens is 316 g/mol. The quantitative estimate of drug-likeness (QED) is 0.788. The molecule has 0 radical (unpaired) electrons. The fraction of sp³-hybridized carbons (Fsp3) is 0.526. The Labute approximate surface area is 147 Å². The number of carbonyl (C=O) groups excluding carboxylic acids is 2. The zero-order valence-electron chi connectivity index (χ0n) is 14.3. The average Bonchev–Trinajstić information content (AvgIpc) is 3.36. The van der Waals surface area contributed by atoms with Crippen molar-refractivity contribution in [3.63, 3.8) is 0 Å². The van der Waals surface area contributed by atoms with E-state index in [1.807, 2.05) is 26.8 Å². The first kappa shape index (κ1) is 15.9. The van der Waals surface area contributed by atoms with E-state index in [1.165, 1.54) is 0 Å². The van der Waals surface area contributed by atoms with Gasteiger partial charge in [0, 0.05) is 50.2 Å². The van der Waals surface area contributed by atoms with E-state index in [0.717, 1.165) is 44.6 Å². The lowest BCUT2D eigenvalue weighted by Gasteiger charge is -2.27. The number of anilines is 1. The first-order chi connectivity index (χ1) is 12.1. The lowest BCUT2D eigenvalue weighted by molar-refractivity contribution is -0.117. The Morgan fingerprint density at radius 1 is 1.04 bits per heavy atom. The van der Waals surface area contributed by atoms with E-state index >= 15 is 0 Å². The third-order valence-electron chi connectivity index (χ3n) is 5.71. The number of nitriles is 1. The van der Waals surface area contributed by atoms with Gasteiger partial charge in [-0.3, -0.25) is 4.79 Å². The molecule has 3 fully saturated rings. The van der Waals surface area contributed by atoms with Crippen molar-refractivity contribution >= 4 is 17.6 Å². The average molecular weight is 338 g/mol. The molecule has 3 aliphatic rings. The van der Waals surface area contributed by atoms with Gasteiger partial charge in [0.05, 0.1) is 11.6 Å². The van der Waals surface area contributed by atoms with E-state index in [0.29, 0.717) is 25.1 Å². The fourth-order valence-electron chi connectivity index (χ4n) is 4.33. The molecule has 0 unspecified atom stereocenters. The summed E-state index contributed by atoms with van der Waals surface area (Å²) in [6, 6.07) is 9.38. The lowest BCUT2D eigenvalue weighted by atomic mass is 9.86. The number of hydrogen-bond donors (Lipinski definition) is 0. The fourth-order valence-corrected chi connectivity index (χ4v) is 4.33. The van der Waals surface area contributed by atoms with Crippen LogP contribution in [0.3, 0.4) is 0 Å². The summed E-state index contributed by atoms with van der Waals surface area (Å²) in [4.78, 5) is 30.9. The van der Waals surface area contributed by atoms with Crippen molar-refractivity contribution < 1.29 is 9.59 Å². The first-order valence-electron chi connectivity index (χ1n) is 8.95. The van der Waals surface area contributed by atoms with Crippen LogP contribution >= 0.6 is 0 Å². The number of amides is 3. The van der Waals surface area contributed by atoms with Gasteiger partial charge in [-0.2, -0.15) is 5.26 Å². The van der Waals surface area contributed by atoms with Gasteiger partial charge in [-0.25, -0.2) is 4.79 Å². The second-order valence-corrected chi connectivity index (χ2v) is 7.46. The molecule has 6 heteroatoms. The van der Waals surface area contributed by atoms with Crippen molar-refractivity contribution in [2.75, 3.05) is 37.6 Å². The molecule has 130 valence electrons. The molecule has 1 atom stereocenters. The maximum atomic E-state index is 12.6. The van der Waals surface area contributed by atoms with Crippen LogP contribution in [0.5, 0.6) is 0 Å². The molecule has 4 rings (SSSR count). The van der Waals surface area contributed by atoms with Gasteiger partial charge in [0.1, 0.15) is 0 Å². The third kappa shape index (κ3) is 2.84. The van der Waals surface area contributed by atoms with Crippen LogP contribution in [0.1, 0.15) is 31.2 Å². The maximum absolute atomic E-state index is 12.6. The zero-order chi connectivity index (χ0) is 17.4. The lowest BCUT2D eigenvalue weighted by Crippen LogP contribution is -2.42. The van der Waals surface area contributed by atoms with Crippen LogP contribution in [0.15, 0.2) is 24.3 Å². The molecule has 0 N–H and O–H groups in total. The molecule has 3 amide bonds. The predicted octanol–water partition coefficient (Wildman–Crippen LogP) is 2.20. The number of nitrogens with zero attached hydrogens (tertiary/aromatic N) is 4. The number of hydrogen-bond acceptors (Lipinski definition) is 3. The Bertz CT molecular complexity index is 733. The predicted molar refractivity (Wildman–Crippen MR) is 93.0 cm³/mol. The molecule has 1 aromatic carbocycles. The molecule has 0 bridgehead atoms. The Kier molecular flexibility index (Phi) is 3.87. The van der Waals surface area contributed by atoms with Crippen LogP contribution in [0.4, 0.5) is 10.5 Å². The Hall–Kier alpha value is -2.55. The number of benzene rings is 1. The summed E-state index contributed by atoms with van der Waals surface area (Å²) < 4.78 is 0. The van der Waals surface area contributed by atoms with E-state index < -0.39 is 0 Å². The van der Waals surface area contributed by atoms with Gasteiger partial charge in [-0.05, 0) is 43.5 Å². The second-order valence-electron chi connectivity index (χ2n) is 7.46. The number of urea groups is 1. The molecule has 3 aliphatic heterocycles. The molecule has 3 saturated heterocycles. The van der Waals surface area contributed by atoms with Gasteiger partial charge in [0.15, 0.2) is 0 Å². The van der Waals surface area contributed by atoms with Crippen LogP contribution in [-0.4, -0.2) is 54.5 Å². The number of carbonyl (C=O) groups is 2. The smallest absolute Gasteiger partial charge is 0.320 e. The van der Waals surface area contributed by atoms with Crippen molar-refractivity contribution in [3.05, 3.63) is 29.8 Å². The van der Waals surface area contributed by atoms with Gasteiger partial charge in [0.2, 0.25) is 5.91 Å². The van der Waals surface area contributed by atoms with E-state index in [4.69, 9.17) is 5.26 Å². The molecule has 0 aliphatic carbocycles. The van der Waals surface area contributed by atoms with Gasteiger partial charge < -0.3 is 14.7 Å². The minimum Gasteiger partial charge on any atom is -0.325 e. The molecule has 1 spiro atoms. The topological polar surface area (TPSA) is 67.7 Å². The van der Waals surface area contributed by atoms with E-state index in [1.54, 1.807) is 12.1 Å². The van der Waals surface area contributed by atoms with Crippen LogP contribution in [-0.2, 0) is 4.79 Å². The highest BCUT2D eigenvalue weighted by Gasteiger charge is 2.49. The van der Waals surface area contributed by atoms with Crippen molar-refractivity contribution in [3.8, 4) is 6.07 Å². The SMILES string of the molecule is N#Cc1ccc(N2C[C@@]3(CCN(C(=O)N4CCCC4)C3)CC2=O)cc1. The van der Waals surface area contributed by atoms with E-state index in [9.17, 15) is 9.59 Å². The Morgan fingerprint density at radius 3 is 2.44 bits per heavy atom. The van der Waals surface area contributed by atoms with Crippen molar-refractivity contribution in [2.45, 2.75) is 25.7 Å². The van der Waals surface area contributed by atoms with Crippen molar-refractivity contribution in [1.29, 1.82) is 5.26 Å². The molecular formula is C19H22N4O2. The van der Waals surface area contributed by atoms with Crippen molar-refractivity contribution in [2.24, 2.45) is 5.41 Å².